The average Bonchev–Trinajstić information content (AvgIpc) is 2.97. The maximum atomic E-state index is 6.20. The molecule has 0 saturated carbocycles. The van der Waals surface area contributed by atoms with E-state index in [-0.39, 0.29) is 25.7 Å². The monoisotopic (exact) mass is 429 g/mol. The highest BCUT2D eigenvalue weighted by Crippen LogP contribution is 2.36. The zero-order chi connectivity index (χ0) is 21.9. The zero-order valence-electron chi connectivity index (χ0n) is 19.0. The summed E-state index contributed by atoms with van der Waals surface area (Å²) < 4.78 is 12.4. The lowest BCUT2D eigenvalue weighted by Crippen LogP contribution is -2.41. The third-order valence-electron chi connectivity index (χ3n) is 6.41. The van der Waals surface area contributed by atoms with Gasteiger partial charge in [0.05, 0.1) is 11.2 Å². The maximum Gasteiger partial charge on any atom is 0.494 e. The Kier molecular flexibility index (Phi) is 7.61. The Morgan fingerprint density at radius 2 is 0.969 bits per heavy atom. The topological polar surface area (TPSA) is 21.7 Å². The van der Waals surface area contributed by atoms with Crippen LogP contribution < -0.4 is 5.46 Å². The Bertz CT molecular complexity index is 914. The molecule has 168 valence electrons. The first-order chi connectivity index (χ1) is 14.8. The normalized spacial score (nSPS) is 16.7. The number of rotatable bonds is 7. The van der Waals surface area contributed by atoms with E-state index in [2.05, 4.69) is 118 Å². The fraction of sp³-hybridized carbons (Fsp3) is 0.357. The van der Waals surface area contributed by atoms with Crippen LogP contribution >= 0.6 is 0 Å². The number of hydrogen-bond acceptors (Lipinski definition) is 3. The summed E-state index contributed by atoms with van der Waals surface area (Å²) in [4.78, 5) is 2.48. The molecule has 32 heavy (non-hydrogen) atoms. The Hall–Kier alpha value is -2.40. The second-order valence-electron chi connectivity index (χ2n) is 9.45. The molecule has 0 N–H and O–H groups in total. The number of hydrogen-bond donors (Lipinski definition) is 0. The minimum atomic E-state index is -0.321. The first-order valence-electron chi connectivity index (χ1n) is 11.1. The third-order valence-corrected chi connectivity index (χ3v) is 6.41. The van der Waals surface area contributed by atoms with Crippen LogP contribution in [0.15, 0.2) is 84.9 Å². The molecule has 0 unspecified atom stereocenters. The molecular weight excluding hydrogens is 393 g/mol. The van der Waals surface area contributed by atoms with Crippen LogP contribution in [0.5, 0.6) is 0 Å². The van der Waals surface area contributed by atoms with Crippen molar-refractivity contribution in [2.45, 2.75) is 66.0 Å². The molecule has 1 aliphatic heterocycles. The second kappa shape index (κ2) is 10.0. The molecule has 3 aromatic carbocycles. The molecule has 0 bridgehead atoms. The van der Waals surface area contributed by atoms with E-state index in [1.165, 1.54) is 16.7 Å². The standard InChI is InChI=1S/C27H32BNO2.CH4/c1-26(2)27(3,4)31-28(30-26)25-17-15-24(16-18-25)21-29(19-22-11-7-5-8-12-22)20-23-13-9-6-10-14-23;/h5-18H,19-21H2,1-4H3;1H4. The molecule has 3 aromatic rings. The van der Waals surface area contributed by atoms with Gasteiger partial charge in [0.25, 0.3) is 0 Å². The van der Waals surface area contributed by atoms with Crippen molar-refractivity contribution in [3.05, 3.63) is 102 Å². The first-order valence-corrected chi connectivity index (χ1v) is 11.1. The smallest absolute Gasteiger partial charge is 0.399 e. The molecule has 0 amide bonds. The van der Waals surface area contributed by atoms with E-state index in [4.69, 9.17) is 9.31 Å². The summed E-state index contributed by atoms with van der Waals surface area (Å²) >= 11 is 0. The van der Waals surface area contributed by atoms with Gasteiger partial charge in [0.15, 0.2) is 0 Å². The zero-order valence-corrected chi connectivity index (χ0v) is 19.0. The molecule has 1 heterocycles. The largest absolute Gasteiger partial charge is 0.494 e. The van der Waals surface area contributed by atoms with Crippen molar-refractivity contribution in [1.82, 2.24) is 4.90 Å². The van der Waals surface area contributed by atoms with E-state index in [0.29, 0.717) is 0 Å². The van der Waals surface area contributed by atoms with E-state index in [0.717, 1.165) is 25.1 Å². The molecule has 4 heteroatoms. The van der Waals surface area contributed by atoms with Gasteiger partial charge in [0.2, 0.25) is 0 Å². The van der Waals surface area contributed by atoms with Gasteiger partial charge in [-0.2, -0.15) is 0 Å². The van der Waals surface area contributed by atoms with Crippen molar-refractivity contribution in [3.8, 4) is 0 Å². The third kappa shape index (κ3) is 5.69. The van der Waals surface area contributed by atoms with Crippen molar-refractivity contribution in [2.75, 3.05) is 0 Å². The van der Waals surface area contributed by atoms with Crippen LogP contribution in [0.1, 0.15) is 51.8 Å². The Morgan fingerprint density at radius 1 is 0.594 bits per heavy atom. The maximum absolute atomic E-state index is 6.20. The molecule has 0 radical (unpaired) electrons. The van der Waals surface area contributed by atoms with Gasteiger partial charge < -0.3 is 9.31 Å². The average molecular weight is 429 g/mol. The van der Waals surface area contributed by atoms with E-state index in [1.807, 2.05) is 0 Å². The Balaban J connectivity index is 0.00000289. The molecule has 0 spiro atoms. The lowest BCUT2D eigenvalue weighted by molar-refractivity contribution is 0.00578. The van der Waals surface area contributed by atoms with Crippen molar-refractivity contribution < 1.29 is 9.31 Å². The van der Waals surface area contributed by atoms with E-state index in [1.54, 1.807) is 0 Å². The minimum absolute atomic E-state index is 0. The highest BCUT2D eigenvalue weighted by molar-refractivity contribution is 6.62. The van der Waals surface area contributed by atoms with E-state index in [9.17, 15) is 0 Å². The van der Waals surface area contributed by atoms with Crippen LogP contribution in [-0.4, -0.2) is 23.2 Å². The Morgan fingerprint density at radius 3 is 1.38 bits per heavy atom. The predicted octanol–water partition coefficient (Wildman–Crippen LogP) is 5.82. The van der Waals surface area contributed by atoms with Crippen molar-refractivity contribution in [1.29, 1.82) is 0 Å². The van der Waals surface area contributed by atoms with Crippen molar-refractivity contribution in [2.24, 2.45) is 0 Å². The van der Waals surface area contributed by atoms with Gasteiger partial charge in [-0.15, -0.1) is 0 Å². The van der Waals surface area contributed by atoms with Crippen LogP contribution in [0.25, 0.3) is 0 Å². The fourth-order valence-corrected chi connectivity index (χ4v) is 3.87. The molecule has 0 aromatic heterocycles. The van der Waals surface area contributed by atoms with Gasteiger partial charge in [-0.05, 0) is 49.8 Å². The number of benzene rings is 3. The predicted molar refractivity (Wildman–Crippen MR) is 135 cm³/mol. The second-order valence-corrected chi connectivity index (χ2v) is 9.45. The molecule has 1 fully saturated rings. The van der Waals surface area contributed by atoms with Crippen molar-refractivity contribution in [3.63, 3.8) is 0 Å². The lowest BCUT2D eigenvalue weighted by Gasteiger charge is -2.32. The molecule has 0 aliphatic carbocycles. The van der Waals surface area contributed by atoms with Crippen LogP contribution in [0.4, 0.5) is 0 Å². The summed E-state index contributed by atoms with van der Waals surface area (Å²) in [5, 5.41) is 0. The highest BCUT2D eigenvalue weighted by atomic mass is 16.7. The summed E-state index contributed by atoms with van der Waals surface area (Å²) in [6.45, 7) is 11.1. The lowest BCUT2D eigenvalue weighted by atomic mass is 9.79. The summed E-state index contributed by atoms with van der Waals surface area (Å²) in [5.41, 5.74) is 4.36. The van der Waals surface area contributed by atoms with Crippen LogP contribution in [-0.2, 0) is 28.9 Å². The van der Waals surface area contributed by atoms with Gasteiger partial charge in [0, 0.05) is 19.6 Å². The van der Waals surface area contributed by atoms with Gasteiger partial charge in [-0.1, -0.05) is 92.4 Å². The molecule has 0 atom stereocenters. The van der Waals surface area contributed by atoms with Gasteiger partial charge in [-0.3, -0.25) is 4.90 Å². The van der Waals surface area contributed by atoms with Crippen molar-refractivity contribution >= 4 is 12.6 Å². The fourth-order valence-electron chi connectivity index (χ4n) is 3.87. The van der Waals surface area contributed by atoms with Gasteiger partial charge in [-0.25, -0.2) is 0 Å². The Labute approximate surface area is 194 Å². The van der Waals surface area contributed by atoms with Crippen LogP contribution in [0, 0.1) is 0 Å². The minimum Gasteiger partial charge on any atom is -0.399 e. The summed E-state index contributed by atoms with van der Waals surface area (Å²) in [6, 6.07) is 30.0. The number of nitrogens with zero attached hydrogens (tertiary/aromatic N) is 1. The molecule has 1 saturated heterocycles. The molecule has 3 nitrogen and oxygen atoms in total. The summed E-state index contributed by atoms with van der Waals surface area (Å²) in [7, 11) is -0.316. The van der Waals surface area contributed by atoms with Gasteiger partial charge in [0.1, 0.15) is 0 Å². The molecular formula is C28H36BNO2. The van der Waals surface area contributed by atoms with Crippen LogP contribution in [0.3, 0.4) is 0 Å². The SMILES string of the molecule is C.CC1(C)OB(c2ccc(CN(Cc3ccccc3)Cc3ccccc3)cc2)OC1(C)C. The first kappa shape index (κ1) is 24.3. The van der Waals surface area contributed by atoms with E-state index < -0.39 is 0 Å². The molecule has 4 rings (SSSR count). The van der Waals surface area contributed by atoms with Crippen LogP contribution in [0.2, 0.25) is 0 Å². The highest BCUT2D eigenvalue weighted by Gasteiger charge is 2.51. The summed E-state index contributed by atoms with van der Waals surface area (Å²) in [5.74, 6) is 0. The van der Waals surface area contributed by atoms with Gasteiger partial charge >= 0.3 is 7.12 Å². The van der Waals surface area contributed by atoms with E-state index >= 15 is 0 Å². The molecule has 1 aliphatic rings. The quantitative estimate of drug-likeness (QED) is 0.442. The summed E-state index contributed by atoms with van der Waals surface area (Å²) in [6.07, 6.45) is 0.